The van der Waals surface area contributed by atoms with Crippen LogP contribution < -0.4 is 25.9 Å². The molecule has 0 unspecified atom stereocenters. The van der Waals surface area contributed by atoms with Crippen molar-refractivity contribution in [1.82, 2.24) is 4.98 Å². The second-order valence-corrected chi connectivity index (χ2v) is 12.2. The highest BCUT2D eigenvalue weighted by Gasteiger charge is 2.35. The number of methoxy groups -OCH3 is 1. The van der Waals surface area contributed by atoms with Crippen LogP contribution in [0.2, 0.25) is 0 Å². The summed E-state index contributed by atoms with van der Waals surface area (Å²) >= 11 is 6.75. The Balaban J connectivity index is 1.89. The summed E-state index contributed by atoms with van der Waals surface area (Å²) in [5, 5.41) is 10.6. The SMILES string of the molecule is COc1cc(N)c(S(=O)(=O)O)c2c1Nc1c(c(Br)c3nc4cc(C)c(=N)c(S(=O)(=O)O)c-4oc3c1Br)O2. The smallest absolute Gasteiger partial charge is 0.300 e. The van der Waals surface area contributed by atoms with Gasteiger partial charge in [0.15, 0.2) is 32.6 Å². The van der Waals surface area contributed by atoms with Crippen LogP contribution >= 0.6 is 31.9 Å². The van der Waals surface area contributed by atoms with Gasteiger partial charge < -0.3 is 24.9 Å². The molecule has 0 radical (unpaired) electrons. The zero-order valence-corrected chi connectivity index (χ0v) is 23.3. The second kappa shape index (κ2) is 8.27. The van der Waals surface area contributed by atoms with E-state index in [1.165, 1.54) is 26.2 Å². The summed E-state index contributed by atoms with van der Waals surface area (Å²) in [5.74, 6) is -0.574. The summed E-state index contributed by atoms with van der Waals surface area (Å²) in [6.07, 6.45) is 0. The fraction of sp³-hybridized carbons (Fsp3) is 0.100. The van der Waals surface area contributed by atoms with Crippen LogP contribution in [0.3, 0.4) is 0 Å². The van der Waals surface area contributed by atoms with Crippen molar-refractivity contribution in [2.45, 2.75) is 16.7 Å². The zero-order valence-electron chi connectivity index (χ0n) is 18.5. The van der Waals surface area contributed by atoms with Crippen LogP contribution in [0.1, 0.15) is 5.56 Å². The second-order valence-electron chi connectivity index (χ2n) is 7.85. The minimum absolute atomic E-state index is 0.00440. The highest BCUT2D eigenvalue weighted by atomic mass is 79.9. The van der Waals surface area contributed by atoms with Gasteiger partial charge in [-0.15, -0.1) is 0 Å². The fourth-order valence-corrected chi connectivity index (χ4v) is 6.57. The van der Waals surface area contributed by atoms with E-state index in [4.69, 9.17) is 25.0 Å². The highest BCUT2D eigenvalue weighted by Crippen LogP contribution is 2.57. The molecule has 13 nitrogen and oxygen atoms in total. The Kier molecular flexibility index (Phi) is 5.74. The summed E-state index contributed by atoms with van der Waals surface area (Å²) < 4.78 is 85.4. The zero-order chi connectivity index (χ0) is 27.2. The van der Waals surface area contributed by atoms with E-state index < -0.39 is 35.4 Å². The normalized spacial score (nSPS) is 13.1. The van der Waals surface area contributed by atoms with Crippen LogP contribution in [0.4, 0.5) is 17.1 Å². The van der Waals surface area contributed by atoms with Crippen molar-refractivity contribution in [1.29, 1.82) is 5.41 Å². The highest BCUT2D eigenvalue weighted by molar-refractivity contribution is 9.11. The number of aromatic nitrogens is 1. The van der Waals surface area contributed by atoms with Crippen LogP contribution in [0.25, 0.3) is 22.6 Å². The van der Waals surface area contributed by atoms with E-state index in [9.17, 15) is 25.9 Å². The minimum Gasteiger partial charge on any atom is -0.494 e. The molecule has 17 heteroatoms. The number of fused-ring (bicyclic) bond motifs is 4. The number of ether oxygens (including phenoxy) is 2. The number of nitrogen functional groups attached to an aromatic ring is 1. The van der Waals surface area contributed by atoms with Gasteiger partial charge in [0.1, 0.15) is 28.3 Å². The number of nitrogens with one attached hydrogen (secondary N) is 2. The maximum absolute atomic E-state index is 12.1. The molecule has 0 bridgehead atoms. The van der Waals surface area contributed by atoms with Gasteiger partial charge in [-0.05, 0) is 50.4 Å². The van der Waals surface area contributed by atoms with Crippen LogP contribution in [0.15, 0.2) is 35.3 Å². The lowest BCUT2D eigenvalue weighted by atomic mass is 10.1. The van der Waals surface area contributed by atoms with Crippen LogP contribution in [0, 0.1) is 12.3 Å². The van der Waals surface area contributed by atoms with Gasteiger partial charge in [-0.2, -0.15) is 16.8 Å². The van der Waals surface area contributed by atoms with Gasteiger partial charge in [0, 0.05) is 6.07 Å². The maximum atomic E-state index is 12.1. The quantitative estimate of drug-likeness (QED) is 0.103. The molecule has 5 rings (SSSR count). The van der Waals surface area contributed by atoms with Crippen molar-refractivity contribution in [2.24, 2.45) is 0 Å². The average Bonchev–Trinajstić information content (AvgIpc) is 2.79. The van der Waals surface area contributed by atoms with Gasteiger partial charge in [-0.1, -0.05) is 0 Å². The predicted molar refractivity (Wildman–Crippen MR) is 137 cm³/mol. The molecule has 3 aliphatic rings. The number of benzene rings is 3. The molecule has 2 aliphatic heterocycles. The molecule has 1 aliphatic carbocycles. The van der Waals surface area contributed by atoms with Crippen molar-refractivity contribution in [3.05, 3.63) is 32.0 Å². The van der Waals surface area contributed by atoms with E-state index in [0.29, 0.717) is 0 Å². The van der Waals surface area contributed by atoms with E-state index in [-0.39, 0.29) is 71.4 Å². The number of anilines is 3. The first kappa shape index (κ1) is 25.7. The van der Waals surface area contributed by atoms with E-state index in [1.807, 2.05) is 0 Å². The number of aryl methyl sites for hydroxylation is 1. The maximum Gasteiger partial charge on any atom is 0.300 e. The van der Waals surface area contributed by atoms with Crippen LogP contribution in [-0.2, 0) is 20.2 Å². The summed E-state index contributed by atoms with van der Waals surface area (Å²) in [6.45, 7) is 1.47. The summed E-state index contributed by atoms with van der Waals surface area (Å²) in [4.78, 5) is 3.02. The molecule has 0 aromatic heterocycles. The number of halogens is 2. The van der Waals surface area contributed by atoms with Crippen molar-refractivity contribution in [3.8, 4) is 28.7 Å². The molecule has 2 heterocycles. The monoisotopic (exact) mass is 676 g/mol. The molecular weight excluding hydrogens is 664 g/mol. The number of nitrogens with two attached hydrogens (primary N) is 1. The first-order valence-corrected chi connectivity index (χ1v) is 14.4. The molecule has 0 amide bonds. The first-order valence-electron chi connectivity index (χ1n) is 9.89. The van der Waals surface area contributed by atoms with E-state index in [2.05, 4.69) is 42.2 Å². The molecule has 0 saturated carbocycles. The molecule has 0 spiro atoms. The molecule has 37 heavy (non-hydrogen) atoms. The molecule has 2 aromatic rings. The third-order valence-corrected chi connectivity index (χ3v) is 8.87. The summed E-state index contributed by atoms with van der Waals surface area (Å²) in [6, 6.07) is 2.59. The Morgan fingerprint density at radius 2 is 1.70 bits per heavy atom. The van der Waals surface area contributed by atoms with Crippen LogP contribution in [0.5, 0.6) is 17.2 Å². The molecule has 0 saturated heterocycles. The van der Waals surface area contributed by atoms with Gasteiger partial charge in [-0.25, -0.2) is 4.98 Å². The lowest BCUT2D eigenvalue weighted by Crippen LogP contribution is -2.19. The van der Waals surface area contributed by atoms with E-state index >= 15 is 0 Å². The van der Waals surface area contributed by atoms with Crippen molar-refractivity contribution >= 4 is 80.3 Å². The minimum atomic E-state index is -4.86. The Labute approximate surface area is 225 Å². The van der Waals surface area contributed by atoms with Gasteiger partial charge in [0.2, 0.25) is 0 Å². The third-order valence-electron chi connectivity index (χ3n) is 5.54. The number of hydrogen-bond donors (Lipinski definition) is 5. The lowest BCUT2D eigenvalue weighted by molar-refractivity contribution is 0.406. The van der Waals surface area contributed by atoms with Crippen LogP contribution in [-0.4, -0.2) is 38.0 Å². The van der Waals surface area contributed by atoms with Crippen molar-refractivity contribution < 1.29 is 39.8 Å². The van der Waals surface area contributed by atoms with Gasteiger partial charge in [0.05, 0.1) is 27.1 Å². The number of rotatable bonds is 3. The standard InChI is InChI=1S/C20H14Br2N4O9S2/c1-5-3-7-15(20(11(5)24)37(30,31)32)34-16-10(22)14-17(9(21)13(16)25-7)35-18-12(26-14)8(33-2)4-6(23)19(18)36(27,28)29/h3-4,24,26H,23H2,1-2H3,(H,27,28,29)(H,30,31,32). The molecule has 0 atom stereocenters. The average molecular weight is 678 g/mol. The largest absolute Gasteiger partial charge is 0.494 e. The Morgan fingerprint density at radius 1 is 1.05 bits per heavy atom. The Hall–Kier alpha value is -2.96. The Bertz CT molecular complexity index is 1940. The molecule has 6 N–H and O–H groups in total. The molecular formula is C20H14Br2N4O9S2. The summed E-state index contributed by atoms with van der Waals surface area (Å²) in [5.41, 5.74) is 6.08. The van der Waals surface area contributed by atoms with Crippen molar-refractivity contribution in [2.75, 3.05) is 18.2 Å². The molecule has 0 fully saturated rings. The Morgan fingerprint density at radius 3 is 2.30 bits per heavy atom. The topological polar surface area (TPSA) is 215 Å². The van der Waals surface area contributed by atoms with Gasteiger partial charge in [0.25, 0.3) is 10.1 Å². The molecule has 2 aromatic carbocycles. The van der Waals surface area contributed by atoms with Crippen molar-refractivity contribution in [3.63, 3.8) is 0 Å². The van der Waals surface area contributed by atoms with E-state index in [1.54, 1.807) is 0 Å². The number of nitrogens with zero attached hydrogens (tertiary/aromatic N) is 1. The fourth-order valence-electron chi connectivity index (χ4n) is 3.94. The number of hydrogen-bond acceptors (Lipinski definition) is 11. The van der Waals surface area contributed by atoms with E-state index in [0.717, 1.165) is 0 Å². The lowest BCUT2D eigenvalue weighted by Gasteiger charge is -2.27. The first-order chi connectivity index (χ1) is 17.1. The van der Waals surface area contributed by atoms with Gasteiger partial charge in [-0.3, -0.25) is 14.5 Å². The molecule has 194 valence electrons. The summed E-state index contributed by atoms with van der Waals surface area (Å²) in [7, 11) is -8.38. The predicted octanol–water partition coefficient (Wildman–Crippen LogP) is 4.18. The third kappa shape index (κ3) is 3.84. The van der Waals surface area contributed by atoms with Gasteiger partial charge >= 0.3 is 10.1 Å².